The Morgan fingerprint density at radius 3 is 2.15 bits per heavy atom. The molecule has 33 heavy (non-hydrogen) atoms. The van der Waals surface area contributed by atoms with Gasteiger partial charge in [0.05, 0.1) is 4.90 Å². The van der Waals surface area contributed by atoms with Gasteiger partial charge < -0.3 is 10.2 Å². The molecule has 0 aliphatic heterocycles. The minimum Gasteiger partial charge on any atom is -0.354 e. The van der Waals surface area contributed by atoms with Gasteiger partial charge in [-0.2, -0.15) is 0 Å². The Labute approximate surface area is 197 Å². The third-order valence-electron chi connectivity index (χ3n) is 5.24. The van der Waals surface area contributed by atoms with Gasteiger partial charge in [0.2, 0.25) is 21.8 Å². The van der Waals surface area contributed by atoms with E-state index in [0.717, 1.165) is 11.1 Å². The summed E-state index contributed by atoms with van der Waals surface area (Å²) in [6, 6.07) is 15.5. The fraction of sp³-hybridized carbons (Fsp3) is 0.440. The summed E-state index contributed by atoms with van der Waals surface area (Å²) in [7, 11) is -3.51. The number of sulfonamides is 1. The first-order valence-corrected chi connectivity index (χ1v) is 12.8. The Morgan fingerprint density at radius 2 is 1.58 bits per heavy atom. The largest absolute Gasteiger partial charge is 0.354 e. The van der Waals surface area contributed by atoms with E-state index in [2.05, 4.69) is 10.0 Å². The summed E-state index contributed by atoms with van der Waals surface area (Å²) in [5.41, 5.74) is 1.81. The minimum atomic E-state index is -3.51. The van der Waals surface area contributed by atoms with Crippen LogP contribution in [-0.2, 0) is 32.6 Å². The maximum Gasteiger partial charge on any atom is 0.242 e. The number of benzene rings is 2. The van der Waals surface area contributed by atoms with Gasteiger partial charge in [0.15, 0.2) is 0 Å². The lowest BCUT2D eigenvalue weighted by molar-refractivity contribution is -0.140. The molecular formula is C25H35N3O4S. The zero-order valence-electron chi connectivity index (χ0n) is 19.9. The lowest BCUT2D eigenvalue weighted by Gasteiger charge is -2.29. The predicted octanol–water partition coefficient (Wildman–Crippen LogP) is 3.11. The van der Waals surface area contributed by atoms with Gasteiger partial charge in [-0.15, -0.1) is 0 Å². The molecule has 0 unspecified atom stereocenters. The third kappa shape index (κ3) is 8.29. The first-order chi connectivity index (χ1) is 15.6. The molecule has 0 fully saturated rings. The highest BCUT2D eigenvalue weighted by Gasteiger charge is 2.26. The highest BCUT2D eigenvalue weighted by atomic mass is 32.2. The van der Waals surface area contributed by atoms with E-state index in [1.807, 2.05) is 44.2 Å². The molecule has 7 nitrogen and oxygen atoms in total. The summed E-state index contributed by atoms with van der Waals surface area (Å²) in [6.45, 7) is 8.73. The van der Waals surface area contributed by atoms with Crippen molar-refractivity contribution in [2.75, 3.05) is 13.1 Å². The van der Waals surface area contributed by atoms with E-state index in [1.165, 1.54) is 0 Å². The Bertz CT molecular complexity index is 1010. The molecule has 8 heteroatoms. The van der Waals surface area contributed by atoms with E-state index < -0.39 is 16.1 Å². The zero-order chi connectivity index (χ0) is 24.4. The number of nitrogens with one attached hydrogen (secondary N) is 2. The molecule has 0 radical (unpaired) electrons. The van der Waals surface area contributed by atoms with Crippen molar-refractivity contribution in [2.45, 2.75) is 58.0 Å². The average molecular weight is 474 g/mol. The lowest BCUT2D eigenvalue weighted by Crippen LogP contribution is -2.48. The van der Waals surface area contributed by atoms with Crippen LogP contribution in [0.5, 0.6) is 0 Å². The van der Waals surface area contributed by atoms with Crippen LogP contribution in [-0.4, -0.2) is 44.3 Å². The number of carbonyl (C=O) groups excluding carboxylic acids is 2. The predicted molar refractivity (Wildman–Crippen MR) is 130 cm³/mol. The fourth-order valence-electron chi connectivity index (χ4n) is 3.32. The lowest BCUT2D eigenvalue weighted by atomic mass is 10.1. The van der Waals surface area contributed by atoms with Gasteiger partial charge in [0, 0.05) is 26.1 Å². The zero-order valence-corrected chi connectivity index (χ0v) is 20.7. The highest BCUT2D eigenvalue weighted by Crippen LogP contribution is 2.15. The molecule has 1 atom stereocenters. The van der Waals surface area contributed by atoms with Crippen molar-refractivity contribution in [2.24, 2.45) is 5.92 Å². The Hall–Kier alpha value is -2.71. The van der Waals surface area contributed by atoms with Crippen LogP contribution in [0.1, 0.15) is 45.2 Å². The van der Waals surface area contributed by atoms with Gasteiger partial charge in [0.25, 0.3) is 0 Å². The monoisotopic (exact) mass is 473 g/mol. The molecule has 0 aromatic heterocycles. The third-order valence-corrected chi connectivity index (χ3v) is 6.80. The minimum absolute atomic E-state index is 0.129. The molecule has 0 saturated carbocycles. The van der Waals surface area contributed by atoms with Crippen LogP contribution in [0.15, 0.2) is 59.5 Å². The number of carbonyl (C=O) groups is 2. The van der Waals surface area contributed by atoms with Gasteiger partial charge in [-0.05, 0) is 42.5 Å². The molecule has 180 valence electrons. The summed E-state index contributed by atoms with van der Waals surface area (Å²) in [4.78, 5) is 27.6. The molecule has 2 amide bonds. The topological polar surface area (TPSA) is 95.6 Å². The quantitative estimate of drug-likeness (QED) is 0.495. The molecule has 0 aliphatic carbocycles. The normalized spacial score (nSPS) is 12.4. The van der Waals surface area contributed by atoms with Gasteiger partial charge in [-0.3, -0.25) is 9.59 Å². The van der Waals surface area contributed by atoms with Gasteiger partial charge in [0.1, 0.15) is 6.04 Å². The molecule has 2 aromatic carbocycles. The standard InChI is InChI=1S/C25H35N3O4S/c1-5-27-33(31,32)23-14-11-21(12-15-23)13-16-24(29)28(18-22-9-7-6-8-10-22)20(4)25(30)26-17-19(2)3/h6-12,14-15,19-20,27H,5,13,16-18H2,1-4H3,(H,26,30)/t20-/m1/s1. The smallest absolute Gasteiger partial charge is 0.242 e. The number of amides is 2. The summed E-state index contributed by atoms with van der Waals surface area (Å²) in [5, 5.41) is 2.91. The average Bonchev–Trinajstić information content (AvgIpc) is 2.80. The molecule has 0 bridgehead atoms. The van der Waals surface area contributed by atoms with Gasteiger partial charge >= 0.3 is 0 Å². The number of rotatable bonds is 12. The van der Waals surface area contributed by atoms with Crippen LogP contribution < -0.4 is 10.0 Å². The SMILES string of the molecule is CCNS(=O)(=O)c1ccc(CCC(=O)N(Cc2ccccc2)[C@H](C)C(=O)NCC(C)C)cc1. The van der Waals surface area contributed by atoms with Crippen molar-refractivity contribution in [3.8, 4) is 0 Å². The van der Waals surface area contributed by atoms with E-state index in [0.29, 0.717) is 32.0 Å². The number of hydrogen-bond acceptors (Lipinski definition) is 4. The molecule has 0 spiro atoms. The molecule has 2 rings (SSSR count). The van der Waals surface area contributed by atoms with E-state index in [9.17, 15) is 18.0 Å². The molecule has 0 heterocycles. The van der Waals surface area contributed by atoms with Crippen LogP contribution in [0.3, 0.4) is 0 Å². The van der Waals surface area contributed by atoms with Crippen molar-refractivity contribution in [1.29, 1.82) is 0 Å². The highest BCUT2D eigenvalue weighted by molar-refractivity contribution is 7.89. The van der Waals surface area contributed by atoms with Crippen molar-refractivity contribution in [1.82, 2.24) is 14.9 Å². The second-order valence-electron chi connectivity index (χ2n) is 8.47. The second kappa shape index (κ2) is 12.5. The molecule has 2 N–H and O–H groups in total. The summed E-state index contributed by atoms with van der Waals surface area (Å²) in [6.07, 6.45) is 0.667. The maximum atomic E-state index is 13.2. The van der Waals surface area contributed by atoms with Crippen molar-refractivity contribution >= 4 is 21.8 Å². The number of aryl methyl sites for hydroxylation is 1. The molecule has 0 saturated heterocycles. The summed E-state index contributed by atoms with van der Waals surface area (Å²) < 4.78 is 26.7. The van der Waals surface area contributed by atoms with E-state index in [4.69, 9.17) is 0 Å². The van der Waals surface area contributed by atoms with E-state index in [-0.39, 0.29) is 23.1 Å². The van der Waals surface area contributed by atoms with Crippen molar-refractivity contribution in [3.63, 3.8) is 0 Å². The molecular weight excluding hydrogens is 438 g/mol. The van der Waals surface area contributed by atoms with Crippen LogP contribution in [0.2, 0.25) is 0 Å². The van der Waals surface area contributed by atoms with Crippen molar-refractivity contribution in [3.05, 3.63) is 65.7 Å². The van der Waals surface area contributed by atoms with Crippen LogP contribution >= 0.6 is 0 Å². The summed E-state index contributed by atoms with van der Waals surface area (Å²) in [5.74, 6) is 0.0140. The fourth-order valence-corrected chi connectivity index (χ4v) is 4.36. The van der Waals surface area contributed by atoms with Gasteiger partial charge in [-0.1, -0.05) is 63.2 Å². The second-order valence-corrected chi connectivity index (χ2v) is 10.2. The number of nitrogens with zero attached hydrogens (tertiary/aromatic N) is 1. The van der Waals surface area contributed by atoms with Gasteiger partial charge in [-0.25, -0.2) is 13.1 Å². The Kier molecular flexibility index (Phi) is 10.1. The summed E-state index contributed by atoms with van der Waals surface area (Å²) >= 11 is 0. The Morgan fingerprint density at radius 1 is 0.939 bits per heavy atom. The maximum absolute atomic E-state index is 13.2. The Balaban J connectivity index is 2.10. The number of hydrogen-bond donors (Lipinski definition) is 2. The molecule has 0 aliphatic rings. The van der Waals surface area contributed by atoms with Crippen molar-refractivity contribution < 1.29 is 18.0 Å². The van der Waals surface area contributed by atoms with Crippen LogP contribution in [0.4, 0.5) is 0 Å². The van der Waals surface area contributed by atoms with E-state index in [1.54, 1.807) is 43.0 Å². The van der Waals surface area contributed by atoms with E-state index >= 15 is 0 Å². The molecule has 2 aromatic rings. The first-order valence-electron chi connectivity index (χ1n) is 11.3. The van der Waals surface area contributed by atoms with Crippen LogP contribution in [0, 0.1) is 5.92 Å². The first kappa shape index (κ1) is 26.5. The van der Waals surface area contributed by atoms with Crippen LogP contribution in [0.25, 0.3) is 0 Å².